The van der Waals surface area contributed by atoms with Crippen LogP contribution in [-0.4, -0.2) is 6.54 Å². The summed E-state index contributed by atoms with van der Waals surface area (Å²) in [6, 6.07) is 5.47. The first kappa shape index (κ1) is 14.3. The van der Waals surface area contributed by atoms with Crippen molar-refractivity contribution in [3.63, 3.8) is 0 Å². The fourth-order valence-electron chi connectivity index (χ4n) is 2.74. The molecule has 0 saturated heterocycles. The van der Waals surface area contributed by atoms with Gasteiger partial charge in [-0.1, -0.05) is 36.3 Å². The maximum absolute atomic E-state index is 14.1. The highest BCUT2D eigenvalue weighted by Gasteiger charge is 2.20. The molecule has 0 saturated carbocycles. The van der Waals surface area contributed by atoms with Crippen molar-refractivity contribution >= 4 is 0 Å². The molecule has 0 aromatic heterocycles. The molecule has 0 amide bonds. The van der Waals surface area contributed by atoms with E-state index >= 15 is 0 Å². The molecule has 0 bridgehead atoms. The van der Waals surface area contributed by atoms with Crippen LogP contribution < -0.4 is 5.32 Å². The highest BCUT2D eigenvalue weighted by atomic mass is 19.1. The summed E-state index contributed by atoms with van der Waals surface area (Å²) in [6.45, 7) is 5.09. The standard InChI is InChI=1S/C17H24FN/c1-3-11-19-17(14-7-5-4-6-8-14)15-12-13(2)9-10-16(15)18/h7,9-10,12,17,19H,3-6,8,11H2,1-2H3. The van der Waals surface area contributed by atoms with Crippen molar-refractivity contribution in [1.29, 1.82) is 0 Å². The largest absolute Gasteiger partial charge is 0.306 e. The fraction of sp³-hybridized carbons (Fsp3) is 0.529. The molecule has 2 rings (SSSR count). The number of hydrogen-bond acceptors (Lipinski definition) is 1. The second-order valence-corrected chi connectivity index (χ2v) is 5.44. The quantitative estimate of drug-likeness (QED) is 0.759. The van der Waals surface area contributed by atoms with Crippen molar-refractivity contribution in [3.8, 4) is 0 Å². The van der Waals surface area contributed by atoms with Crippen LogP contribution in [-0.2, 0) is 0 Å². The third kappa shape index (κ3) is 3.66. The molecule has 0 fully saturated rings. The van der Waals surface area contributed by atoms with Crippen LogP contribution >= 0.6 is 0 Å². The summed E-state index contributed by atoms with van der Waals surface area (Å²) in [5.41, 5.74) is 3.29. The second kappa shape index (κ2) is 6.85. The minimum atomic E-state index is -0.0920. The summed E-state index contributed by atoms with van der Waals surface area (Å²) in [5.74, 6) is -0.0920. The van der Waals surface area contributed by atoms with Crippen LogP contribution in [0.15, 0.2) is 29.8 Å². The first-order valence-corrected chi connectivity index (χ1v) is 7.40. The maximum Gasteiger partial charge on any atom is 0.128 e. The van der Waals surface area contributed by atoms with Crippen molar-refractivity contribution in [2.75, 3.05) is 6.54 Å². The molecular weight excluding hydrogens is 237 g/mol. The molecule has 0 heterocycles. The molecule has 2 heteroatoms. The number of aryl methyl sites for hydroxylation is 1. The number of benzene rings is 1. The van der Waals surface area contributed by atoms with Crippen molar-refractivity contribution in [2.24, 2.45) is 0 Å². The Hall–Kier alpha value is -1.15. The van der Waals surface area contributed by atoms with E-state index in [0.29, 0.717) is 0 Å². The topological polar surface area (TPSA) is 12.0 Å². The number of rotatable bonds is 5. The van der Waals surface area contributed by atoms with Crippen LogP contribution in [0.25, 0.3) is 0 Å². The molecule has 104 valence electrons. The summed E-state index contributed by atoms with van der Waals surface area (Å²) in [5, 5.41) is 3.52. The van der Waals surface area contributed by atoms with Crippen LogP contribution in [0.5, 0.6) is 0 Å². The molecule has 1 aliphatic rings. The van der Waals surface area contributed by atoms with Crippen molar-refractivity contribution < 1.29 is 4.39 Å². The lowest BCUT2D eigenvalue weighted by Crippen LogP contribution is -2.25. The minimum absolute atomic E-state index is 0.0557. The Morgan fingerprint density at radius 3 is 2.84 bits per heavy atom. The zero-order chi connectivity index (χ0) is 13.7. The SMILES string of the molecule is CCCNC(C1=CCCCC1)c1cc(C)ccc1F. The predicted octanol–water partition coefficient (Wildman–Crippen LogP) is 4.68. The van der Waals surface area contributed by atoms with Gasteiger partial charge in [-0.3, -0.25) is 0 Å². The fourth-order valence-corrected chi connectivity index (χ4v) is 2.74. The zero-order valence-corrected chi connectivity index (χ0v) is 12.0. The van der Waals surface area contributed by atoms with Gasteiger partial charge in [0.05, 0.1) is 6.04 Å². The van der Waals surface area contributed by atoms with Gasteiger partial charge in [0, 0.05) is 5.56 Å². The first-order chi connectivity index (χ1) is 9.22. The van der Waals surface area contributed by atoms with Gasteiger partial charge in [-0.25, -0.2) is 4.39 Å². The molecular formula is C17H24FN. The van der Waals surface area contributed by atoms with Crippen LogP contribution in [0.3, 0.4) is 0 Å². The van der Waals surface area contributed by atoms with Crippen LogP contribution in [0.4, 0.5) is 4.39 Å². The Balaban J connectivity index is 2.30. The molecule has 0 aliphatic heterocycles. The molecule has 1 nitrogen and oxygen atoms in total. The third-order valence-electron chi connectivity index (χ3n) is 3.76. The van der Waals surface area contributed by atoms with Crippen molar-refractivity contribution in [1.82, 2.24) is 5.32 Å². The normalized spacial score (nSPS) is 17.1. The van der Waals surface area contributed by atoms with Gasteiger partial charge in [0.25, 0.3) is 0 Å². The van der Waals surface area contributed by atoms with E-state index in [4.69, 9.17) is 0 Å². The Kier molecular flexibility index (Phi) is 5.15. The number of hydrogen-bond donors (Lipinski definition) is 1. The molecule has 1 atom stereocenters. The smallest absolute Gasteiger partial charge is 0.128 e. The molecule has 1 aromatic carbocycles. The molecule has 1 N–H and O–H groups in total. The molecule has 0 spiro atoms. The van der Waals surface area contributed by atoms with E-state index in [1.807, 2.05) is 19.1 Å². The Morgan fingerprint density at radius 1 is 1.32 bits per heavy atom. The van der Waals surface area contributed by atoms with E-state index < -0.39 is 0 Å². The monoisotopic (exact) mass is 261 g/mol. The number of nitrogens with one attached hydrogen (secondary N) is 1. The number of halogens is 1. The summed E-state index contributed by atoms with van der Waals surface area (Å²) in [4.78, 5) is 0. The number of allylic oxidation sites excluding steroid dienone is 1. The van der Waals surface area contributed by atoms with E-state index in [1.54, 1.807) is 6.07 Å². The second-order valence-electron chi connectivity index (χ2n) is 5.44. The Bertz CT molecular complexity index is 451. The molecule has 1 unspecified atom stereocenters. The lowest BCUT2D eigenvalue weighted by atomic mass is 9.89. The van der Waals surface area contributed by atoms with Crippen LogP contribution in [0, 0.1) is 12.7 Å². The average molecular weight is 261 g/mol. The summed E-state index contributed by atoms with van der Waals surface area (Å²) in [6.07, 6.45) is 8.08. The van der Waals surface area contributed by atoms with Crippen LogP contribution in [0.2, 0.25) is 0 Å². The van der Waals surface area contributed by atoms with Gasteiger partial charge in [0.15, 0.2) is 0 Å². The third-order valence-corrected chi connectivity index (χ3v) is 3.76. The van der Waals surface area contributed by atoms with Gasteiger partial charge in [0.2, 0.25) is 0 Å². The predicted molar refractivity (Wildman–Crippen MR) is 78.7 cm³/mol. The van der Waals surface area contributed by atoms with Gasteiger partial charge in [-0.2, -0.15) is 0 Å². The van der Waals surface area contributed by atoms with Crippen LogP contribution in [0.1, 0.15) is 56.2 Å². The molecule has 19 heavy (non-hydrogen) atoms. The molecule has 0 radical (unpaired) electrons. The zero-order valence-electron chi connectivity index (χ0n) is 12.0. The van der Waals surface area contributed by atoms with Gasteiger partial charge in [-0.05, 0) is 51.6 Å². The summed E-state index contributed by atoms with van der Waals surface area (Å²) < 4.78 is 14.1. The van der Waals surface area contributed by atoms with Gasteiger partial charge >= 0.3 is 0 Å². The molecule has 1 aliphatic carbocycles. The first-order valence-electron chi connectivity index (χ1n) is 7.40. The summed E-state index contributed by atoms with van der Waals surface area (Å²) >= 11 is 0. The Morgan fingerprint density at radius 2 is 2.16 bits per heavy atom. The highest BCUT2D eigenvalue weighted by Crippen LogP contribution is 2.31. The van der Waals surface area contributed by atoms with E-state index in [-0.39, 0.29) is 11.9 Å². The summed E-state index contributed by atoms with van der Waals surface area (Å²) in [7, 11) is 0. The van der Waals surface area contributed by atoms with Gasteiger partial charge in [0.1, 0.15) is 5.82 Å². The van der Waals surface area contributed by atoms with Gasteiger partial charge < -0.3 is 5.32 Å². The van der Waals surface area contributed by atoms with E-state index in [9.17, 15) is 4.39 Å². The van der Waals surface area contributed by atoms with E-state index in [1.165, 1.54) is 18.4 Å². The lowest BCUT2D eigenvalue weighted by Gasteiger charge is -2.25. The Labute approximate surface area is 115 Å². The van der Waals surface area contributed by atoms with Crippen molar-refractivity contribution in [3.05, 3.63) is 46.8 Å². The average Bonchev–Trinajstić information content (AvgIpc) is 2.44. The maximum atomic E-state index is 14.1. The van der Waals surface area contributed by atoms with E-state index in [2.05, 4.69) is 18.3 Å². The molecule has 1 aromatic rings. The van der Waals surface area contributed by atoms with E-state index in [0.717, 1.165) is 36.9 Å². The minimum Gasteiger partial charge on any atom is -0.306 e. The lowest BCUT2D eigenvalue weighted by molar-refractivity contribution is 0.515. The highest BCUT2D eigenvalue weighted by molar-refractivity contribution is 5.33. The van der Waals surface area contributed by atoms with Crippen molar-refractivity contribution in [2.45, 2.75) is 52.0 Å². The van der Waals surface area contributed by atoms with Gasteiger partial charge in [-0.15, -0.1) is 0 Å².